The molecule has 1 saturated heterocycles. The molecule has 1 heterocycles. The lowest BCUT2D eigenvalue weighted by atomic mass is 9.77. The first-order valence-corrected chi connectivity index (χ1v) is 8.23. The summed E-state index contributed by atoms with van der Waals surface area (Å²) < 4.78 is 5.35. The van der Waals surface area contributed by atoms with Crippen LogP contribution in [-0.2, 0) is 4.74 Å². The van der Waals surface area contributed by atoms with Crippen LogP contribution in [-0.4, -0.2) is 44.8 Å². The molecule has 0 spiro atoms. The van der Waals surface area contributed by atoms with Gasteiger partial charge in [0.25, 0.3) is 0 Å². The summed E-state index contributed by atoms with van der Waals surface area (Å²) in [5.41, 5.74) is 3.03. The Bertz CT molecular complexity index is 476. The summed E-state index contributed by atoms with van der Waals surface area (Å²) in [6.07, 6.45) is 2.53. The maximum absolute atomic E-state index is 5.35. The zero-order valence-electron chi connectivity index (χ0n) is 13.5. The van der Waals surface area contributed by atoms with Gasteiger partial charge in [-0.15, -0.1) is 0 Å². The minimum Gasteiger partial charge on any atom is -0.384 e. The van der Waals surface area contributed by atoms with Gasteiger partial charge >= 0.3 is 0 Å². The van der Waals surface area contributed by atoms with Gasteiger partial charge in [-0.25, -0.2) is 0 Å². The highest BCUT2D eigenvalue weighted by Crippen LogP contribution is 2.40. The number of nitrogens with one attached hydrogen (secondary N) is 1. The summed E-state index contributed by atoms with van der Waals surface area (Å²) in [6.45, 7) is 5.68. The zero-order valence-corrected chi connectivity index (χ0v) is 13.5. The van der Waals surface area contributed by atoms with Gasteiger partial charge < -0.3 is 10.1 Å². The molecule has 0 aromatic heterocycles. The molecule has 1 aromatic carbocycles. The van der Waals surface area contributed by atoms with Crippen LogP contribution in [0.5, 0.6) is 0 Å². The van der Waals surface area contributed by atoms with Crippen LogP contribution in [0.25, 0.3) is 0 Å². The highest BCUT2D eigenvalue weighted by Gasteiger charge is 2.38. The largest absolute Gasteiger partial charge is 0.384 e. The number of benzene rings is 1. The number of likely N-dealkylation sites (tertiary alicyclic amines) is 1. The third-order valence-electron chi connectivity index (χ3n) is 5.34. The van der Waals surface area contributed by atoms with Crippen molar-refractivity contribution in [3.8, 4) is 0 Å². The van der Waals surface area contributed by atoms with Gasteiger partial charge in [-0.05, 0) is 49.4 Å². The SMILES string of the molecule is CNC1c2ccccc2C(C)CC1N1CCC(COC)C1. The Hall–Kier alpha value is -0.900. The van der Waals surface area contributed by atoms with Gasteiger partial charge in [0.15, 0.2) is 0 Å². The quantitative estimate of drug-likeness (QED) is 0.922. The number of hydrogen-bond acceptors (Lipinski definition) is 3. The summed E-state index contributed by atoms with van der Waals surface area (Å²) in [4.78, 5) is 2.69. The van der Waals surface area contributed by atoms with Crippen molar-refractivity contribution in [1.82, 2.24) is 10.2 Å². The predicted molar refractivity (Wildman–Crippen MR) is 86.6 cm³/mol. The fourth-order valence-corrected chi connectivity index (χ4v) is 4.32. The van der Waals surface area contributed by atoms with E-state index in [-0.39, 0.29) is 0 Å². The van der Waals surface area contributed by atoms with Crippen molar-refractivity contribution in [3.63, 3.8) is 0 Å². The van der Waals surface area contributed by atoms with Crippen LogP contribution in [0.4, 0.5) is 0 Å². The molecule has 1 aromatic rings. The lowest BCUT2D eigenvalue weighted by Gasteiger charge is -2.41. The molecule has 1 N–H and O–H groups in total. The van der Waals surface area contributed by atoms with Crippen molar-refractivity contribution in [2.45, 2.75) is 37.8 Å². The standard InChI is InChI=1S/C18H28N2O/c1-13-10-17(20-9-8-14(11-20)12-21-3)18(19-2)16-7-5-4-6-15(13)16/h4-7,13-14,17-19H,8-12H2,1-3H3. The first-order valence-electron chi connectivity index (χ1n) is 8.23. The maximum atomic E-state index is 5.35. The molecule has 4 atom stereocenters. The van der Waals surface area contributed by atoms with Gasteiger partial charge in [0.05, 0.1) is 6.61 Å². The molecule has 0 amide bonds. The van der Waals surface area contributed by atoms with E-state index in [4.69, 9.17) is 4.74 Å². The molecule has 0 bridgehead atoms. The highest BCUT2D eigenvalue weighted by atomic mass is 16.5. The number of hydrogen-bond donors (Lipinski definition) is 1. The van der Waals surface area contributed by atoms with Crippen LogP contribution < -0.4 is 5.32 Å². The first-order chi connectivity index (χ1) is 10.2. The van der Waals surface area contributed by atoms with Gasteiger partial charge in [-0.1, -0.05) is 31.2 Å². The Balaban J connectivity index is 1.81. The van der Waals surface area contributed by atoms with Crippen molar-refractivity contribution in [2.24, 2.45) is 5.92 Å². The van der Waals surface area contributed by atoms with Crippen molar-refractivity contribution in [1.29, 1.82) is 0 Å². The predicted octanol–water partition coefficient (Wildman–Crippen LogP) is 2.79. The second-order valence-corrected chi connectivity index (χ2v) is 6.70. The normalized spacial score (nSPS) is 33.1. The summed E-state index contributed by atoms with van der Waals surface area (Å²) in [6, 6.07) is 10.0. The number of ether oxygens (including phenoxy) is 1. The molecule has 21 heavy (non-hydrogen) atoms. The van der Waals surface area contributed by atoms with Crippen molar-refractivity contribution in [2.75, 3.05) is 33.9 Å². The van der Waals surface area contributed by atoms with E-state index in [1.807, 2.05) is 7.11 Å². The van der Waals surface area contributed by atoms with E-state index in [1.165, 1.54) is 37.1 Å². The van der Waals surface area contributed by atoms with Crippen LogP contribution in [0.2, 0.25) is 0 Å². The Morgan fingerprint density at radius 3 is 2.76 bits per heavy atom. The fraction of sp³-hybridized carbons (Fsp3) is 0.667. The molecular weight excluding hydrogens is 260 g/mol. The Kier molecular flexibility index (Phi) is 4.63. The number of likely N-dealkylation sites (N-methyl/N-ethyl adjacent to an activating group) is 1. The van der Waals surface area contributed by atoms with Gasteiger partial charge in [0.2, 0.25) is 0 Å². The summed E-state index contributed by atoms with van der Waals surface area (Å²) in [5, 5.41) is 3.58. The number of methoxy groups -OCH3 is 1. The van der Waals surface area contributed by atoms with Crippen molar-refractivity contribution < 1.29 is 4.74 Å². The van der Waals surface area contributed by atoms with Crippen LogP contribution in [0.15, 0.2) is 24.3 Å². The van der Waals surface area contributed by atoms with Gasteiger partial charge in [-0.3, -0.25) is 4.90 Å². The smallest absolute Gasteiger partial charge is 0.0503 e. The molecule has 3 rings (SSSR count). The first kappa shape index (κ1) is 15.0. The highest BCUT2D eigenvalue weighted by molar-refractivity contribution is 5.36. The fourth-order valence-electron chi connectivity index (χ4n) is 4.32. The Morgan fingerprint density at radius 1 is 1.29 bits per heavy atom. The minimum absolute atomic E-state index is 0.457. The average Bonchev–Trinajstić information content (AvgIpc) is 2.96. The third-order valence-corrected chi connectivity index (χ3v) is 5.34. The number of fused-ring (bicyclic) bond motifs is 1. The van der Waals surface area contributed by atoms with Crippen LogP contribution in [0.3, 0.4) is 0 Å². The molecule has 1 aliphatic carbocycles. The molecule has 3 nitrogen and oxygen atoms in total. The van der Waals surface area contributed by atoms with Gasteiger partial charge in [0.1, 0.15) is 0 Å². The van der Waals surface area contributed by atoms with Crippen molar-refractivity contribution >= 4 is 0 Å². The summed E-state index contributed by atoms with van der Waals surface area (Å²) >= 11 is 0. The zero-order chi connectivity index (χ0) is 14.8. The minimum atomic E-state index is 0.457. The molecular formula is C18H28N2O. The van der Waals surface area contributed by atoms with E-state index in [2.05, 4.69) is 48.5 Å². The maximum Gasteiger partial charge on any atom is 0.0503 e. The monoisotopic (exact) mass is 288 g/mol. The lowest BCUT2D eigenvalue weighted by molar-refractivity contribution is 0.131. The van der Waals surface area contributed by atoms with E-state index in [9.17, 15) is 0 Å². The van der Waals surface area contributed by atoms with Crippen molar-refractivity contribution in [3.05, 3.63) is 35.4 Å². The van der Waals surface area contributed by atoms with Crippen LogP contribution in [0.1, 0.15) is 42.9 Å². The van der Waals surface area contributed by atoms with Gasteiger partial charge in [0, 0.05) is 25.7 Å². The molecule has 1 fully saturated rings. The van der Waals surface area contributed by atoms with Gasteiger partial charge in [-0.2, -0.15) is 0 Å². The molecule has 0 saturated carbocycles. The second-order valence-electron chi connectivity index (χ2n) is 6.70. The molecule has 2 aliphatic rings. The molecule has 1 aliphatic heterocycles. The van der Waals surface area contributed by atoms with E-state index < -0.39 is 0 Å². The summed E-state index contributed by atoms with van der Waals surface area (Å²) in [5.74, 6) is 1.36. The van der Waals surface area contributed by atoms with Crippen LogP contribution >= 0.6 is 0 Å². The molecule has 3 heteroatoms. The third kappa shape index (κ3) is 2.87. The van der Waals surface area contributed by atoms with E-state index in [1.54, 1.807) is 0 Å². The van der Waals surface area contributed by atoms with E-state index >= 15 is 0 Å². The summed E-state index contributed by atoms with van der Waals surface area (Å²) in [7, 11) is 3.92. The number of nitrogens with zero attached hydrogens (tertiary/aromatic N) is 1. The lowest BCUT2D eigenvalue weighted by Crippen LogP contribution is -2.46. The second kappa shape index (κ2) is 6.47. The molecule has 4 unspecified atom stereocenters. The van der Waals surface area contributed by atoms with E-state index in [0.29, 0.717) is 23.9 Å². The Labute approximate surface area is 128 Å². The number of rotatable bonds is 4. The molecule has 0 radical (unpaired) electrons. The van der Waals surface area contributed by atoms with E-state index in [0.717, 1.165) is 6.61 Å². The van der Waals surface area contributed by atoms with Crippen LogP contribution in [0, 0.1) is 5.92 Å². The Morgan fingerprint density at radius 2 is 2.05 bits per heavy atom. The molecule has 116 valence electrons. The topological polar surface area (TPSA) is 24.5 Å². The average molecular weight is 288 g/mol.